The van der Waals surface area contributed by atoms with Gasteiger partial charge in [-0.2, -0.15) is 0 Å². The Morgan fingerprint density at radius 2 is 1.83 bits per heavy atom. The van der Waals surface area contributed by atoms with E-state index in [1.807, 2.05) is 18.2 Å². The number of aryl methyl sites for hydroxylation is 1. The lowest BCUT2D eigenvalue weighted by Gasteiger charge is -2.13. The predicted octanol–water partition coefficient (Wildman–Crippen LogP) is 5.79. The number of rotatable bonds is 9. The van der Waals surface area contributed by atoms with Crippen LogP contribution in [0.5, 0.6) is 0 Å². The van der Waals surface area contributed by atoms with E-state index in [-0.39, 0.29) is 5.91 Å². The minimum atomic E-state index is -0.0522. The Bertz CT molecular complexity index is 968. The van der Waals surface area contributed by atoms with E-state index in [2.05, 4.69) is 52.6 Å². The van der Waals surface area contributed by atoms with Gasteiger partial charge in [-0.15, -0.1) is 0 Å². The van der Waals surface area contributed by atoms with Gasteiger partial charge in [-0.25, -0.2) is 0 Å². The van der Waals surface area contributed by atoms with Gasteiger partial charge in [-0.05, 0) is 86.7 Å². The van der Waals surface area contributed by atoms with Gasteiger partial charge in [0, 0.05) is 34.9 Å². The zero-order valence-electron chi connectivity index (χ0n) is 18.0. The molecule has 1 aliphatic heterocycles. The van der Waals surface area contributed by atoms with Gasteiger partial charge < -0.3 is 15.2 Å². The number of carbonyl (C=O) groups excluding carboxylic acids is 1. The molecular weight excluding hydrogens is 370 g/mol. The smallest absolute Gasteiger partial charge is 0.255 e. The maximum atomic E-state index is 12.7. The van der Waals surface area contributed by atoms with Crippen molar-refractivity contribution in [2.75, 3.05) is 25.0 Å². The molecule has 1 saturated heterocycles. The van der Waals surface area contributed by atoms with Crippen molar-refractivity contribution in [1.82, 2.24) is 9.88 Å². The normalized spacial score (nSPS) is 14.4. The molecule has 4 nitrogen and oxygen atoms in total. The number of aromatic nitrogens is 1. The number of unbranched alkanes of at least 4 members (excludes halogenated alkanes) is 2. The molecule has 4 rings (SSSR count). The number of nitrogens with one attached hydrogen (secondary N) is 2. The van der Waals surface area contributed by atoms with Gasteiger partial charge in [0.2, 0.25) is 0 Å². The minimum absolute atomic E-state index is 0.0522. The Morgan fingerprint density at radius 3 is 2.60 bits per heavy atom. The van der Waals surface area contributed by atoms with E-state index in [1.165, 1.54) is 61.7 Å². The van der Waals surface area contributed by atoms with Crippen LogP contribution in [-0.4, -0.2) is 35.4 Å². The van der Waals surface area contributed by atoms with E-state index >= 15 is 0 Å². The van der Waals surface area contributed by atoms with Crippen molar-refractivity contribution in [3.05, 3.63) is 65.4 Å². The van der Waals surface area contributed by atoms with Crippen LogP contribution in [-0.2, 0) is 12.8 Å². The molecule has 30 heavy (non-hydrogen) atoms. The molecule has 1 aromatic heterocycles. The monoisotopic (exact) mass is 403 g/mol. The summed E-state index contributed by atoms with van der Waals surface area (Å²) in [6.45, 7) is 5.77. The molecule has 2 heterocycles. The van der Waals surface area contributed by atoms with Gasteiger partial charge in [0.1, 0.15) is 0 Å². The molecule has 2 N–H and O–H groups in total. The first-order valence-corrected chi connectivity index (χ1v) is 11.5. The second-order valence-electron chi connectivity index (χ2n) is 8.48. The molecule has 1 amide bonds. The molecule has 158 valence electrons. The quantitative estimate of drug-likeness (QED) is 0.444. The summed E-state index contributed by atoms with van der Waals surface area (Å²) < 4.78 is 0. The van der Waals surface area contributed by atoms with Gasteiger partial charge in [-0.1, -0.05) is 31.9 Å². The van der Waals surface area contributed by atoms with Crippen LogP contribution in [0, 0.1) is 0 Å². The number of aromatic amines is 1. The Balaban J connectivity index is 1.40. The fraction of sp³-hybridized carbons (Fsp3) is 0.423. The zero-order valence-corrected chi connectivity index (χ0v) is 18.0. The number of likely N-dealkylation sites (tertiary alicyclic amines) is 1. The Kier molecular flexibility index (Phi) is 6.85. The van der Waals surface area contributed by atoms with E-state index in [9.17, 15) is 4.79 Å². The summed E-state index contributed by atoms with van der Waals surface area (Å²) in [5.74, 6) is -0.0522. The zero-order chi connectivity index (χ0) is 20.8. The van der Waals surface area contributed by atoms with Crippen LogP contribution < -0.4 is 5.32 Å². The summed E-state index contributed by atoms with van der Waals surface area (Å²) in [6.07, 6.45) is 10.6. The number of H-pyrrole nitrogens is 1. The molecule has 4 heteroatoms. The van der Waals surface area contributed by atoms with Gasteiger partial charge >= 0.3 is 0 Å². The average Bonchev–Trinajstić information content (AvgIpc) is 3.42. The number of fused-ring (bicyclic) bond motifs is 1. The summed E-state index contributed by atoms with van der Waals surface area (Å²) in [6, 6.07) is 14.2. The highest BCUT2D eigenvalue weighted by Gasteiger charge is 2.13. The van der Waals surface area contributed by atoms with Crippen LogP contribution in [0.1, 0.15) is 60.5 Å². The Hall–Kier alpha value is -2.59. The molecule has 0 saturated carbocycles. The molecule has 3 aromatic rings. The van der Waals surface area contributed by atoms with Gasteiger partial charge in [0.05, 0.1) is 0 Å². The van der Waals surface area contributed by atoms with Crippen molar-refractivity contribution in [2.24, 2.45) is 0 Å². The predicted molar refractivity (Wildman–Crippen MR) is 125 cm³/mol. The third kappa shape index (κ3) is 5.11. The first-order valence-electron chi connectivity index (χ1n) is 11.5. The molecule has 0 bridgehead atoms. The second kappa shape index (κ2) is 9.94. The molecule has 0 aliphatic carbocycles. The van der Waals surface area contributed by atoms with Gasteiger partial charge in [0.25, 0.3) is 5.91 Å². The highest BCUT2D eigenvalue weighted by molar-refractivity contribution is 6.05. The van der Waals surface area contributed by atoms with Gasteiger partial charge in [-0.3, -0.25) is 4.79 Å². The van der Waals surface area contributed by atoms with Crippen molar-refractivity contribution >= 4 is 22.5 Å². The van der Waals surface area contributed by atoms with Crippen molar-refractivity contribution in [2.45, 2.75) is 51.9 Å². The van der Waals surface area contributed by atoms with Crippen molar-refractivity contribution < 1.29 is 4.79 Å². The van der Waals surface area contributed by atoms with Crippen LogP contribution in [0.15, 0.2) is 48.7 Å². The third-order valence-electron chi connectivity index (χ3n) is 6.21. The van der Waals surface area contributed by atoms with Crippen molar-refractivity contribution in [3.63, 3.8) is 0 Å². The van der Waals surface area contributed by atoms with E-state index in [0.29, 0.717) is 5.56 Å². The van der Waals surface area contributed by atoms with E-state index in [4.69, 9.17) is 0 Å². The first kappa shape index (κ1) is 20.7. The second-order valence-corrected chi connectivity index (χ2v) is 8.48. The number of hydrogen-bond acceptors (Lipinski definition) is 2. The highest BCUT2D eigenvalue weighted by Crippen LogP contribution is 2.24. The van der Waals surface area contributed by atoms with Crippen LogP contribution in [0.2, 0.25) is 0 Å². The maximum Gasteiger partial charge on any atom is 0.255 e. The summed E-state index contributed by atoms with van der Waals surface area (Å²) in [7, 11) is 0. The fourth-order valence-corrected chi connectivity index (χ4v) is 4.35. The lowest BCUT2D eigenvalue weighted by Crippen LogP contribution is -2.21. The molecule has 1 aliphatic rings. The largest absolute Gasteiger partial charge is 0.361 e. The standard InChI is InChI=1S/C26H33N3O/c1-2-3-4-7-20-8-10-21(11-9-20)26(30)28-23-12-13-25-24(18-23)22(19-27-25)14-17-29-15-5-6-16-29/h8-13,18-19,27H,2-7,14-17H2,1H3,(H,28,30). The first-order chi connectivity index (χ1) is 14.7. The van der Waals surface area contributed by atoms with Crippen LogP contribution in [0.3, 0.4) is 0 Å². The summed E-state index contributed by atoms with van der Waals surface area (Å²) in [5.41, 5.74) is 5.31. The summed E-state index contributed by atoms with van der Waals surface area (Å²) >= 11 is 0. The third-order valence-corrected chi connectivity index (χ3v) is 6.21. The molecule has 1 fully saturated rings. The van der Waals surface area contributed by atoms with E-state index < -0.39 is 0 Å². The molecular formula is C26H33N3O. The highest BCUT2D eigenvalue weighted by atomic mass is 16.1. The number of nitrogens with zero attached hydrogens (tertiary/aromatic N) is 1. The van der Waals surface area contributed by atoms with Crippen LogP contribution in [0.4, 0.5) is 5.69 Å². The number of benzene rings is 2. The summed E-state index contributed by atoms with van der Waals surface area (Å²) in [5, 5.41) is 4.28. The average molecular weight is 404 g/mol. The molecule has 0 spiro atoms. The number of carbonyl (C=O) groups is 1. The molecule has 0 atom stereocenters. The fourth-order valence-electron chi connectivity index (χ4n) is 4.35. The van der Waals surface area contributed by atoms with Crippen molar-refractivity contribution in [3.8, 4) is 0 Å². The molecule has 0 radical (unpaired) electrons. The van der Waals surface area contributed by atoms with Crippen LogP contribution in [0.25, 0.3) is 10.9 Å². The number of amides is 1. The van der Waals surface area contributed by atoms with Crippen LogP contribution >= 0.6 is 0 Å². The van der Waals surface area contributed by atoms with E-state index in [1.54, 1.807) is 0 Å². The van der Waals surface area contributed by atoms with E-state index in [0.717, 1.165) is 30.6 Å². The Morgan fingerprint density at radius 1 is 1.03 bits per heavy atom. The summed E-state index contributed by atoms with van der Waals surface area (Å²) in [4.78, 5) is 18.6. The number of hydrogen-bond donors (Lipinski definition) is 2. The minimum Gasteiger partial charge on any atom is -0.361 e. The van der Waals surface area contributed by atoms with Gasteiger partial charge in [0.15, 0.2) is 0 Å². The lowest BCUT2D eigenvalue weighted by atomic mass is 10.0. The maximum absolute atomic E-state index is 12.7. The SMILES string of the molecule is CCCCCc1ccc(C(=O)Nc2ccc3[nH]cc(CCN4CCCC4)c3c2)cc1. The topological polar surface area (TPSA) is 48.1 Å². The molecule has 2 aromatic carbocycles. The molecule has 0 unspecified atom stereocenters. The van der Waals surface area contributed by atoms with Crippen molar-refractivity contribution in [1.29, 1.82) is 0 Å². The Labute approximate surface area is 179 Å². The number of anilines is 1. The lowest BCUT2D eigenvalue weighted by molar-refractivity contribution is 0.102.